The molecule has 1 aromatic heterocycles. The van der Waals surface area contributed by atoms with E-state index >= 15 is 0 Å². The first kappa shape index (κ1) is 16.6. The molecule has 4 nitrogen and oxygen atoms in total. The SMILES string of the molecule is C=CCN(CCO)c1ncc(F)cc1CNCC(C)C. The Morgan fingerprint density at radius 2 is 2.30 bits per heavy atom. The molecule has 5 heteroatoms. The summed E-state index contributed by atoms with van der Waals surface area (Å²) in [4.78, 5) is 6.05. The van der Waals surface area contributed by atoms with Crippen LogP contribution in [0.5, 0.6) is 0 Å². The lowest BCUT2D eigenvalue weighted by Gasteiger charge is -2.24. The van der Waals surface area contributed by atoms with Gasteiger partial charge in [-0.25, -0.2) is 9.37 Å². The van der Waals surface area contributed by atoms with Crippen LogP contribution in [-0.2, 0) is 6.54 Å². The van der Waals surface area contributed by atoms with Gasteiger partial charge < -0.3 is 15.3 Å². The smallest absolute Gasteiger partial charge is 0.141 e. The molecule has 0 fully saturated rings. The topological polar surface area (TPSA) is 48.4 Å². The van der Waals surface area contributed by atoms with Gasteiger partial charge in [0.05, 0.1) is 12.8 Å². The van der Waals surface area contributed by atoms with Crippen molar-refractivity contribution in [2.24, 2.45) is 5.92 Å². The summed E-state index contributed by atoms with van der Waals surface area (Å²) < 4.78 is 13.4. The molecule has 1 heterocycles. The zero-order valence-corrected chi connectivity index (χ0v) is 12.3. The highest BCUT2D eigenvalue weighted by Crippen LogP contribution is 2.18. The van der Waals surface area contributed by atoms with E-state index in [-0.39, 0.29) is 12.4 Å². The number of nitrogens with zero attached hydrogens (tertiary/aromatic N) is 2. The Labute approximate surface area is 120 Å². The molecule has 0 amide bonds. The van der Waals surface area contributed by atoms with Crippen LogP contribution in [-0.4, -0.2) is 36.3 Å². The summed E-state index contributed by atoms with van der Waals surface area (Å²) in [5, 5.41) is 12.4. The number of anilines is 1. The Kier molecular flexibility index (Phi) is 7.18. The van der Waals surface area contributed by atoms with Gasteiger partial charge >= 0.3 is 0 Å². The van der Waals surface area contributed by atoms with Gasteiger partial charge in [0.2, 0.25) is 0 Å². The molecule has 0 atom stereocenters. The van der Waals surface area contributed by atoms with Crippen LogP contribution in [0, 0.1) is 11.7 Å². The number of pyridine rings is 1. The Morgan fingerprint density at radius 3 is 2.90 bits per heavy atom. The van der Waals surface area contributed by atoms with Crippen molar-refractivity contribution in [1.82, 2.24) is 10.3 Å². The van der Waals surface area contributed by atoms with Crippen molar-refractivity contribution < 1.29 is 9.50 Å². The molecule has 0 spiro atoms. The first-order valence-corrected chi connectivity index (χ1v) is 6.90. The molecule has 0 radical (unpaired) electrons. The molecule has 0 aliphatic rings. The molecule has 0 unspecified atom stereocenters. The second-order valence-electron chi connectivity index (χ2n) is 5.12. The summed E-state index contributed by atoms with van der Waals surface area (Å²) >= 11 is 0. The van der Waals surface area contributed by atoms with Gasteiger partial charge in [-0.2, -0.15) is 0 Å². The second-order valence-corrected chi connectivity index (χ2v) is 5.12. The van der Waals surface area contributed by atoms with Gasteiger partial charge in [-0.15, -0.1) is 6.58 Å². The van der Waals surface area contributed by atoms with E-state index in [9.17, 15) is 4.39 Å². The van der Waals surface area contributed by atoms with E-state index in [1.165, 1.54) is 12.3 Å². The van der Waals surface area contributed by atoms with Gasteiger partial charge in [0, 0.05) is 25.2 Å². The Hall–Kier alpha value is -1.46. The van der Waals surface area contributed by atoms with Crippen molar-refractivity contribution in [1.29, 1.82) is 0 Å². The van der Waals surface area contributed by atoms with Crippen LogP contribution in [0.25, 0.3) is 0 Å². The fourth-order valence-electron chi connectivity index (χ4n) is 1.94. The third-order valence-corrected chi connectivity index (χ3v) is 2.80. The molecular formula is C15H24FN3O. The molecule has 0 bridgehead atoms. The summed E-state index contributed by atoms with van der Waals surface area (Å²) in [5.74, 6) is 0.871. The normalized spacial score (nSPS) is 10.8. The summed E-state index contributed by atoms with van der Waals surface area (Å²) in [6.45, 7) is 10.4. The van der Waals surface area contributed by atoms with E-state index in [1.54, 1.807) is 6.08 Å². The maximum atomic E-state index is 13.4. The lowest BCUT2D eigenvalue weighted by atomic mass is 10.2. The maximum Gasteiger partial charge on any atom is 0.141 e. The van der Waals surface area contributed by atoms with Crippen LogP contribution in [0.2, 0.25) is 0 Å². The fourth-order valence-corrected chi connectivity index (χ4v) is 1.94. The van der Waals surface area contributed by atoms with Gasteiger partial charge in [-0.05, 0) is 18.5 Å². The van der Waals surface area contributed by atoms with Crippen LogP contribution >= 0.6 is 0 Å². The largest absolute Gasteiger partial charge is 0.395 e. The number of nitrogens with one attached hydrogen (secondary N) is 1. The molecule has 0 aliphatic heterocycles. The molecule has 20 heavy (non-hydrogen) atoms. The first-order chi connectivity index (χ1) is 9.58. The number of aliphatic hydroxyl groups is 1. The number of halogens is 1. The van der Waals surface area contributed by atoms with Crippen molar-refractivity contribution in [3.8, 4) is 0 Å². The number of rotatable bonds is 9. The predicted octanol–water partition coefficient (Wildman–Crippen LogP) is 1.95. The summed E-state index contributed by atoms with van der Waals surface area (Å²) in [7, 11) is 0. The number of hydrogen-bond donors (Lipinski definition) is 2. The van der Waals surface area contributed by atoms with E-state index < -0.39 is 0 Å². The van der Waals surface area contributed by atoms with Gasteiger partial charge in [-0.3, -0.25) is 0 Å². The Bertz CT molecular complexity index is 424. The standard InChI is InChI=1S/C15H24FN3O/c1-4-5-19(6-7-20)15-13(8-14(16)11-18-15)10-17-9-12(2)3/h4,8,11-12,17,20H,1,5-7,9-10H2,2-3H3. The molecule has 112 valence electrons. The number of aliphatic hydroxyl groups excluding tert-OH is 1. The van der Waals surface area contributed by atoms with Crippen molar-refractivity contribution in [3.63, 3.8) is 0 Å². The van der Waals surface area contributed by atoms with Crippen molar-refractivity contribution in [3.05, 3.63) is 36.3 Å². The molecule has 1 rings (SSSR count). The highest BCUT2D eigenvalue weighted by Gasteiger charge is 2.12. The van der Waals surface area contributed by atoms with Gasteiger partial charge in [-0.1, -0.05) is 19.9 Å². The average molecular weight is 281 g/mol. The zero-order valence-electron chi connectivity index (χ0n) is 12.3. The summed E-state index contributed by atoms with van der Waals surface area (Å²) in [5.41, 5.74) is 0.793. The monoisotopic (exact) mass is 281 g/mol. The molecule has 0 aromatic carbocycles. The number of aromatic nitrogens is 1. The highest BCUT2D eigenvalue weighted by molar-refractivity contribution is 5.47. The van der Waals surface area contributed by atoms with E-state index in [1.807, 2.05) is 4.90 Å². The van der Waals surface area contributed by atoms with Crippen LogP contribution < -0.4 is 10.2 Å². The minimum absolute atomic E-state index is 0.0196. The van der Waals surface area contributed by atoms with Gasteiger partial charge in [0.15, 0.2) is 0 Å². The van der Waals surface area contributed by atoms with E-state index in [4.69, 9.17) is 5.11 Å². The van der Waals surface area contributed by atoms with E-state index in [2.05, 4.69) is 30.7 Å². The Balaban J connectivity index is 2.89. The van der Waals surface area contributed by atoms with Crippen LogP contribution in [0.15, 0.2) is 24.9 Å². The second kappa shape index (κ2) is 8.66. The molecule has 1 aromatic rings. The zero-order chi connectivity index (χ0) is 15.0. The number of hydrogen-bond acceptors (Lipinski definition) is 4. The van der Waals surface area contributed by atoms with E-state index in [0.29, 0.717) is 31.4 Å². The minimum Gasteiger partial charge on any atom is -0.395 e. The van der Waals surface area contributed by atoms with Crippen LogP contribution in [0.3, 0.4) is 0 Å². The molecule has 0 saturated heterocycles. The average Bonchev–Trinajstić information content (AvgIpc) is 2.38. The predicted molar refractivity (Wildman–Crippen MR) is 80.2 cm³/mol. The van der Waals surface area contributed by atoms with Crippen LogP contribution in [0.4, 0.5) is 10.2 Å². The maximum absolute atomic E-state index is 13.4. The van der Waals surface area contributed by atoms with Gasteiger partial charge in [0.1, 0.15) is 11.6 Å². The molecule has 0 saturated carbocycles. The van der Waals surface area contributed by atoms with Crippen molar-refractivity contribution in [2.75, 3.05) is 31.1 Å². The minimum atomic E-state index is -0.349. The third kappa shape index (κ3) is 5.27. The third-order valence-electron chi connectivity index (χ3n) is 2.80. The molecule has 0 aliphatic carbocycles. The highest BCUT2D eigenvalue weighted by atomic mass is 19.1. The Morgan fingerprint density at radius 1 is 1.55 bits per heavy atom. The fraction of sp³-hybridized carbons (Fsp3) is 0.533. The summed E-state index contributed by atoms with van der Waals surface area (Å²) in [6, 6.07) is 1.49. The van der Waals surface area contributed by atoms with Crippen molar-refractivity contribution in [2.45, 2.75) is 20.4 Å². The summed E-state index contributed by atoms with van der Waals surface area (Å²) in [6.07, 6.45) is 2.95. The molecule has 2 N–H and O–H groups in total. The van der Waals surface area contributed by atoms with Gasteiger partial charge in [0.25, 0.3) is 0 Å². The van der Waals surface area contributed by atoms with Crippen molar-refractivity contribution >= 4 is 5.82 Å². The molecular weight excluding hydrogens is 257 g/mol. The lowest BCUT2D eigenvalue weighted by Crippen LogP contribution is -2.30. The first-order valence-electron chi connectivity index (χ1n) is 6.90. The lowest BCUT2D eigenvalue weighted by molar-refractivity contribution is 0.302. The van der Waals surface area contributed by atoms with E-state index in [0.717, 1.165) is 12.1 Å². The quantitative estimate of drug-likeness (QED) is 0.679. The van der Waals surface area contributed by atoms with Crippen LogP contribution in [0.1, 0.15) is 19.4 Å².